The number of hydrogen-bond donors (Lipinski definition) is 2. The van der Waals surface area contributed by atoms with Crippen LogP contribution in [0.5, 0.6) is 11.5 Å². The molecule has 1 aliphatic heterocycles. The van der Waals surface area contributed by atoms with Gasteiger partial charge in [0.25, 0.3) is 0 Å². The van der Waals surface area contributed by atoms with Crippen LogP contribution in [0.25, 0.3) is 11.0 Å². The number of nitrogens with zero attached hydrogens (tertiary/aromatic N) is 1. The highest BCUT2D eigenvalue weighted by Crippen LogP contribution is 2.46. The van der Waals surface area contributed by atoms with Crippen LogP contribution < -0.4 is 15.2 Å². The number of hydrogen-bond acceptors (Lipinski definition) is 4. The molecule has 0 radical (unpaired) electrons. The third kappa shape index (κ3) is 1.69. The van der Waals surface area contributed by atoms with E-state index < -0.39 is 0 Å². The predicted molar refractivity (Wildman–Crippen MR) is 71.7 cm³/mol. The zero-order valence-electron chi connectivity index (χ0n) is 10.7. The lowest BCUT2D eigenvalue weighted by Crippen LogP contribution is -2.20. The Morgan fingerprint density at radius 3 is 2.63 bits per heavy atom. The van der Waals surface area contributed by atoms with Crippen molar-refractivity contribution in [2.24, 2.45) is 5.73 Å². The summed E-state index contributed by atoms with van der Waals surface area (Å²) >= 11 is 0. The van der Waals surface area contributed by atoms with E-state index in [0.29, 0.717) is 19.8 Å². The molecule has 1 fully saturated rings. The first kappa shape index (κ1) is 11.1. The van der Waals surface area contributed by atoms with Gasteiger partial charge in [-0.1, -0.05) is 0 Å². The summed E-state index contributed by atoms with van der Waals surface area (Å²) in [4.78, 5) is 8.08. The maximum atomic E-state index is 5.86. The summed E-state index contributed by atoms with van der Waals surface area (Å²) in [7, 11) is 0. The zero-order valence-corrected chi connectivity index (χ0v) is 10.7. The average Bonchev–Trinajstić information content (AvgIpc) is 3.16. The Labute approximate surface area is 111 Å². The van der Waals surface area contributed by atoms with E-state index in [4.69, 9.17) is 15.2 Å². The molecule has 19 heavy (non-hydrogen) atoms. The van der Waals surface area contributed by atoms with Gasteiger partial charge in [0.2, 0.25) is 0 Å². The van der Waals surface area contributed by atoms with Crippen LogP contribution in [0.15, 0.2) is 12.1 Å². The number of benzene rings is 1. The first-order chi connectivity index (χ1) is 9.31. The van der Waals surface area contributed by atoms with E-state index in [-0.39, 0.29) is 5.41 Å². The lowest BCUT2D eigenvalue weighted by Gasteiger charge is -2.06. The predicted octanol–water partition coefficient (Wildman–Crippen LogP) is 1.71. The van der Waals surface area contributed by atoms with Gasteiger partial charge in [-0.15, -0.1) is 0 Å². The number of aromatic nitrogens is 2. The maximum absolute atomic E-state index is 5.86. The van der Waals surface area contributed by atoms with Gasteiger partial charge in [-0.2, -0.15) is 0 Å². The van der Waals surface area contributed by atoms with Crippen LogP contribution in [0.3, 0.4) is 0 Å². The molecule has 100 valence electrons. The topological polar surface area (TPSA) is 73.2 Å². The lowest BCUT2D eigenvalue weighted by molar-refractivity contribution is 0.297. The molecule has 5 nitrogen and oxygen atoms in total. The monoisotopic (exact) mass is 259 g/mol. The highest BCUT2D eigenvalue weighted by molar-refractivity contribution is 5.80. The van der Waals surface area contributed by atoms with E-state index in [9.17, 15) is 0 Å². The summed E-state index contributed by atoms with van der Waals surface area (Å²) in [5.74, 6) is 2.60. The summed E-state index contributed by atoms with van der Waals surface area (Å²) in [5.41, 5.74) is 7.87. The zero-order chi connectivity index (χ0) is 12.9. The smallest absolute Gasteiger partial charge is 0.163 e. The van der Waals surface area contributed by atoms with Gasteiger partial charge in [0.15, 0.2) is 11.5 Å². The molecular weight excluding hydrogens is 242 g/mol. The van der Waals surface area contributed by atoms with Gasteiger partial charge < -0.3 is 20.2 Å². The molecule has 1 aliphatic carbocycles. The fourth-order valence-electron chi connectivity index (χ4n) is 2.61. The Bertz CT molecular complexity index is 588. The molecule has 1 saturated carbocycles. The van der Waals surface area contributed by atoms with Gasteiger partial charge in [-0.05, 0) is 12.8 Å². The second-order valence-electron chi connectivity index (χ2n) is 5.44. The quantitative estimate of drug-likeness (QED) is 0.861. The van der Waals surface area contributed by atoms with Gasteiger partial charge in [0.1, 0.15) is 5.82 Å². The summed E-state index contributed by atoms with van der Waals surface area (Å²) in [6.07, 6.45) is 3.16. The molecule has 1 aromatic carbocycles. The number of imidazole rings is 1. The molecule has 0 unspecified atom stereocenters. The molecular formula is C14H17N3O2. The summed E-state index contributed by atoms with van der Waals surface area (Å²) in [6, 6.07) is 3.95. The molecule has 2 heterocycles. The number of nitrogens with one attached hydrogen (secondary N) is 1. The second-order valence-corrected chi connectivity index (χ2v) is 5.44. The van der Waals surface area contributed by atoms with Crippen LogP contribution in [0, 0.1) is 0 Å². The molecule has 3 N–H and O–H groups in total. The number of ether oxygens (including phenoxy) is 2. The van der Waals surface area contributed by atoms with Crippen LogP contribution in [0.2, 0.25) is 0 Å². The number of H-pyrrole nitrogens is 1. The molecule has 0 atom stereocenters. The fourth-order valence-corrected chi connectivity index (χ4v) is 2.61. The van der Waals surface area contributed by atoms with Gasteiger partial charge in [0, 0.05) is 30.5 Å². The van der Waals surface area contributed by atoms with Crippen LogP contribution in [-0.2, 0) is 5.41 Å². The Balaban J connectivity index is 1.81. The molecule has 2 aromatic rings. The molecule has 4 rings (SSSR count). The Kier molecular flexibility index (Phi) is 2.26. The summed E-state index contributed by atoms with van der Waals surface area (Å²) in [5, 5.41) is 0. The van der Waals surface area contributed by atoms with E-state index in [0.717, 1.165) is 47.6 Å². The van der Waals surface area contributed by atoms with Gasteiger partial charge in [0.05, 0.1) is 24.2 Å². The van der Waals surface area contributed by atoms with Crippen LogP contribution in [-0.4, -0.2) is 29.7 Å². The highest BCUT2D eigenvalue weighted by Gasteiger charge is 2.45. The minimum atomic E-state index is 0.0815. The third-order valence-corrected chi connectivity index (χ3v) is 4.10. The van der Waals surface area contributed by atoms with Crippen LogP contribution >= 0.6 is 0 Å². The van der Waals surface area contributed by atoms with Crippen molar-refractivity contribution < 1.29 is 9.47 Å². The van der Waals surface area contributed by atoms with Gasteiger partial charge >= 0.3 is 0 Å². The van der Waals surface area contributed by atoms with E-state index in [1.807, 2.05) is 12.1 Å². The Hall–Kier alpha value is -1.75. The van der Waals surface area contributed by atoms with Crippen LogP contribution in [0.1, 0.15) is 25.1 Å². The molecule has 1 aromatic heterocycles. The van der Waals surface area contributed by atoms with E-state index in [2.05, 4.69) is 9.97 Å². The Morgan fingerprint density at radius 1 is 1.21 bits per heavy atom. The van der Waals surface area contributed by atoms with Crippen molar-refractivity contribution in [2.75, 3.05) is 19.8 Å². The number of aromatic amines is 1. The Morgan fingerprint density at radius 2 is 1.95 bits per heavy atom. The largest absolute Gasteiger partial charge is 0.489 e. The van der Waals surface area contributed by atoms with Crippen molar-refractivity contribution >= 4 is 11.0 Å². The van der Waals surface area contributed by atoms with Crippen molar-refractivity contribution in [3.8, 4) is 11.5 Å². The molecule has 0 bridgehead atoms. The van der Waals surface area contributed by atoms with E-state index in [1.54, 1.807) is 0 Å². The molecule has 0 amide bonds. The van der Waals surface area contributed by atoms with Gasteiger partial charge in [-0.25, -0.2) is 4.98 Å². The standard InChI is InChI=1S/C14H17N3O2/c15-8-14(2-3-14)13-16-9-6-11-12(7-10(9)17-13)19-5-1-4-18-11/h6-7H,1-5,8,15H2,(H,16,17). The first-order valence-corrected chi connectivity index (χ1v) is 6.81. The number of rotatable bonds is 2. The molecule has 0 saturated heterocycles. The SMILES string of the molecule is NCC1(c2nc3cc4c(cc3[nH]2)OCCCO4)CC1. The van der Waals surface area contributed by atoms with Crippen LogP contribution in [0.4, 0.5) is 0 Å². The fraction of sp³-hybridized carbons (Fsp3) is 0.500. The van der Waals surface area contributed by atoms with Gasteiger partial charge in [-0.3, -0.25) is 0 Å². The minimum Gasteiger partial charge on any atom is -0.489 e. The molecule has 5 heteroatoms. The average molecular weight is 259 g/mol. The lowest BCUT2D eigenvalue weighted by atomic mass is 10.1. The first-order valence-electron chi connectivity index (χ1n) is 6.81. The van der Waals surface area contributed by atoms with E-state index in [1.165, 1.54) is 0 Å². The van der Waals surface area contributed by atoms with Crippen molar-refractivity contribution in [3.63, 3.8) is 0 Å². The van der Waals surface area contributed by atoms with Crippen molar-refractivity contribution in [2.45, 2.75) is 24.7 Å². The minimum absolute atomic E-state index is 0.0815. The number of fused-ring (bicyclic) bond motifs is 2. The van der Waals surface area contributed by atoms with Crippen molar-refractivity contribution in [1.29, 1.82) is 0 Å². The molecule has 2 aliphatic rings. The molecule has 0 spiro atoms. The van der Waals surface area contributed by atoms with E-state index >= 15 is 0 Å². The normalized spacial score (nSPS) is 20.3. The summed E-state index contributed by atoms with van der Waals surface area (Å²) < 4.78 is 11.4. The van der Waals surface area contributed by atoms with Crippen molar-refractivity contribution in [3.05, 3.63) is 18.0 Å². The summed E-state index contributed by atoms with van der Waals surface area (Å²) in [6.45, 7) is 2.05. The number of nitrogens with two attached hydrogens (primary N) is 1. The second kappa shape index (κ2) is 3.87. The third-order valence-electron chi connectivity index (χ3n) is 4.10. The van der Waals surface area contributed by atoms with Crippen molar-refractivity contribution in [1.82, 2.24) is 9.97 Å². The highest BCUT2D eigenvalue weighted by atomic mass is 16.5. The maximum Gasteiger partial charge on any atom is 0.163 e.